The van der Waals surface area contributed by atoms with E-state index >= 15 is 0 Å². The van der Waals surface area contributed by atoms with Crippen LogP contribution in [0.15, 0.2) is 48.5 Å². The van der Waals surface area contributed by atoms with Crippen LogP contribution in [0.25, 0.3) is 0 Å². The predicted molar refractivity (Wildman–Crippen MR) is 97.3 cm³/mol. The van der Waals surface area contributed by atoms with E-state index in [0.717, 1.165) is 11.5 Å². The number of nitriles is 1. The molecule has 0 saturated heterocycles. The van der Waals surface area contributed by atoms with E-state index < -0.39 is 0 Å². The molecular formula is C18H17ClN2O2S. The molecule has 124 valence electrons. The van der Waals surface area contributed by atoms with E-state index in [9.17, 15) is 4.79 Å². The Bertz CT molecular complexity index is 717. The normalized spacial score (nSPS) is 10.0. The fraction of sp³-hybridized carbons (Fsp3) is 0.222. The van der Waals surface area contributed by atoms with E-state index in [-0.39, 0.29) is 12.5 Å². The zero-order chi connectivity index (χ0) is 17.2. The number of benzene rings is 2. The third kappa shape index (κ3) is 6.15. The van der Waals surface area contributed by atoms with Gasteiger partial charge in [0.2, 0.25) is 0 Å². The number of hydrogen-bond acceptors (Lipinski definition) is 4. The zero-order valence-corrected chi connectivity index (χ0v) is 14.6. The Kier molecular flexibility index (Phi) is 7.47. The second-order valence-corrected chi connectivity index (χ2v) is 6.45. The van der Waals surface area contributed by atoms with E-state index in [0.29, 0.717) is 22.9 Å². The number of thioether (sulfide) groups is 1. The monoisotopic (exact) mass is 360 g/mol. The lowest BCUT2D eigenvalue weighted by Gasteiger charge is -2.09. The zero-order valence-electron chi connectivity index (χ0n) is 13.0. The number of carbonyl (C=O) groups excluding carboxylic acids is 1. The summed E-state index contributed by atoms with van der Waals surface area (Å²) in [6.07, 6.45) is 0. The highest BCUT2D eigenvalue weighted by Crippen LogP contribution is 2.25. The van der Waals surface area contributed by atoms with Crippen molar-refractivity contribution >= 4 is 29.3 Å². The Labute approximate surface area is 150 Å². The highest BCUT2D eigenvalue weighted by Gasteiger charge is 2.06. The van der Waals surface area contributed by atoms with E-state index in [2.05, 4.69) is 17.4 Å². The Morgan fingerprint density at radius 3 is 2.75 bits per heavy atom. The number of ether oxygens (including phenoxy) is 1. The van der Waals surface area contributed by atoms with Crippen molar-refractivity contribution in [2.45, 2.75) is 5.75 Å². The first-order valence-electron chi connectivity index (χ1n) is 7.40. The molecule has 0 aromatic heterocycles. The summed E-state index contributed by atoms with van der Waals surface area (Å²) in [4.78, 5) is 11.7. The minimum atomic E-state index is -0.198. The molecule has 24 heavy (non-hydrogen) atoms. The fourth-order valence-corrected chi connectivity index (χ4v) is 2.96. The van der Waals surface area contributed by atoms with Crippen molar-refractivity contribution in [3.05, 3.63) is 64.7 Å². The average molecular weight is 361 g/mol. The molecule has 0 radical (unpaired) electrons. The second-order valence-electron chi connectivity index (χ2n) is 4.93. The molecule has 0 aliphatic heterocycles. The summed E-state index contributed by atoms with van der Waals surface area (Å²) >= 11 is 7.75. The average Bonchev–Trinajstić information content (AvgIpc) is 2.61. The van der Waals surface area contributed by atoms with Gasteiger partial charge in [-0.15, -0.1) is 0 Å². The SMILES string of the molecule is N#Cc1ccc(OCC(=O)NCCSCc2ccccc2)c(Cl)c1. The molecule has 0 heterocycles. The third-order valence-corrected chi connectivity index (χ3v) is 4.43. The van der Waals surface area contributed by atoms with Gasteiger partial charge in [-0.25, -0.2) is 0 Å². The molecule has 1 amide bonds. The van der Waals surface area contributed by atoms with Crippen molar-refractivity contribution in [1.29, 1.82) is 5.26 Å². The van der Waals surface area contributed by atoms with E-state index in [1.54, 1.807) is 23.9 Å². The van der Waals surface area contributed by atoms with Gasteiger partial charge in [0.25, 0.3) is 5.91 Å². The molecule has 0 aliphatic rings. The number of nitrogens with one attached hydrogen (secondary N) is 1. The molecule has 2 aromatic carbocycles. The Balaban J connectivity index is 1.62. The molecule has 0 unspecified atom stereocenters. The largest absolute Gasteiger partial charge is 0.482 e. The van der Waals surface area contributed by atoms with Gasteiger partial charge in [-0.2, -0.15) is 17.0 Å². The summed E-state index contributed by atoms with van der Waals surface area (Å²) in [5.41, 5.74) is 1.72. The van der Waals surface area contributed by atoms with Crippen LogP contribution in [-0.4, -0.2) is 24.8 Å². The lowest BCUT2D eigenvalue weighted by molar-refractivity contribution is -0.122. The lowest BCUT2D eigenvalue weighted by Crippen LogP contribution is -2.30. The first-order chi connectivity index (χ1) is 11.7. The van der Waals surface area contributed by atoms with Gasteiger partial charge >= 0.3 is 0 Å². The number of nitrogens with zero attached hydrogens (tertiary/aromatic N) is 1. The van der Waals surface area contributed by atoms with Crippen molar-refractivity contribution in [2.75, 3.05) is 18.9 Å². The topological polar surface area (TPSA) is 62.1 Å². The van der Waals surface area contributed by atoms with Crippen LogP contribution in [0.1, 0.15) is 11.1 Å². The molecule has 4 nitrogen and oxygen atoms in total. The minimum absolute atomic E-state index is 0.102. The number of halogens is 1. The van der Waals surface area contributed by atoms with Gasteiger partial charge in [0.15, 0.2) is 6.61 Å². The van der Waals surface area contributed by atoms with Crippen LogP contribution in [0.2, 0.25) is 5.02 Å². The number of hydrogen-bond donors (Lipinski definition) is 1. The molecule has 0 saturated carbocycles. The van der Waals surface area contributed by atoms with Crippen LogP contribution in [-0.2, 0) is 10.5 Å². The Hall–Kier alpha value is -2.16. The van der Waals surface area contributed by atoms with Crippen molar-refractivity contribution in [3.8, 4) is 11.8 Å². The van der Waals surface area contributed by atoms with Crippen molar-refractivity contribution in [3.63, 3.8) is 0 Å². The molecule has 2 rings (SSSR count). The van der Waals surface area contributed by atoms with Gasteiger partial charge < -0.3 is 10.1 Å². The molecule has 0 fully saturated rings. The summed E-state index contributed by atoms with van der Waals surface area (Å²) in [5.74, 6) is 1.95. The van der Waals surface area contributed by atoms with Gasteiger partial charge in [0.1, 0.15) is 5.75 Å². The first-order valence-corrected chi connectivity index (χ1v) is 8.93. The van der Waals surface area contributed by atoms with Crippen LogP contribution in [0.4, 0.5) is 0 Å². The molecule has 0 aliphatic carbocycles. The number of amides is 1. The van der Waals surface area contributed by atoms with Crippen LogP contribution in [0.5, 0.6) is 5.75 Å². The summed E-state index contributed by atoms with van der Waals surface area (Å²) in [6, 6.07) is 16.9. The van der Waals surface area contributed by atoms with Crippen molar-refractivity contribution in [1.82, 2.24) is 5.32 Å². The number of carbonyl (C=O) groups is 1. The molecule has 2 aromatic rings. The molecule has 0 bridgehead atoms. The lowest BCUT2D eigenvalue weighted by atomic mass is 10.2. The predicted octanol–water partition coefficient (Wildman–Crippen LogP) is 3.64. The van der Waals surface area contributed by atoms with Crippen LogP contribution in [0, 0.1) is 11.3 Å². The maximum atomic E-state index is 11.7. The van der Waals surface area contributed by atoms with Crippen LogP contribution < -0.4 is 10.1 Å². The summed E-state index contributed by atoms with van der Waals surface area (Å²) in [7, 11) is 0. The van der Waals surface area contributed by atoms with Crippen molar-refractivity contribution in [2.24, 2.45) is 0 Å². The molecule has 0 spiro atoms. The Morgan fingerprint density at radius 1 is 1.25 bits per heavy atom. The van der Waals surface area contributed by atoms with Crippen LogP contribution in [0.3, 0.4) is 0 Å². The Morgan fingerprint density at radius 2 is 2.04 bits per heavy atom. The third-order valence-electron chi connectivity index (χ3n) is 3.10. The van der Waals surface area contributed by atoms with Gasteiger partial charge in [0, 0.05) is 18.1 Å². The highest BCUT2D eigenvalue weighted by molar-refractivity contribution is 7.98. The smallest absolute Gasteiger partial charge is 0.257 e. The summed E-state index contributed by atoms with van der Waals surface area (Å²) in [5, 5.41) is 11.9. The van der Waals surface area contributed by atoms with E-state index in [1.807, 2.05) is 24.3 Å². The van der Waals surface area contributed by atoms with E-state index in [4.69, 9.17) is 21.6 Å². The van der Waals surface area contributed by atoms with E-state index in [1.165, 1.54) is 11.6 Å². The fourth-order valence-electron chi connectivity index (χ4n) is 1.91. The van der Waals surface area contributed by atoms with Crippen molar-refractivity contribution < 1.29 is 9.53 Å². The maximum absolute atomic E-state index is 11.7. The maximum Gasteiger partial charge on any atom is 0.257 e. The van der Waals surface area contributed by atoms with Gasteiger partial charge in [-0.3, -0.25) is 4.79 Å². The summed E-state index contributed by atoms with van der Waals surface area (Å²) < 4.78 is 5.36. The van der Waals surface area contributed by atoms with Gasteiger partial charge in [0.05, 0.1) is 16.7 Å². The molecule has 6 heteroatoms. The molecule has 1 N–H and O–H groups in total. The number of rotatable bonds is 8. The molecular weight excluding hydrogens is 344 g/mol. The van der Waals surface area contributed by atoms with Crippen LogP contribution >= 0.6 is 23.4 Å². The first kappa shape index (κ1) is 18.2. The molecule has 0 atom stereocenters. The van der Waals surface area contributed by atoms with Gasteiger partial charge in [-0.1, -0.05) is 41.9 Å². The minimum Gasteiger partial charge on any atom is -0.482 e. The second kappa shape index (κ2) is 9.86. The summed E-state index contributed by atoms with van der Waals surface area (Å²) in [6.45, 7) is 0.482. The highest BCUT2D eigenvalue weighted by atomic mass is 35.5. The quantitative estimate of drug-likeness (QED) is 0.730. The van der Waals surface area contributed by atoms with Gasteiger partial charge in [-0.05, 0) is 23.8 Å². The standard InChI is InChI=1S/C18H17ClN2O2S/c19-16-10-15(11-20)6-7-17(16)23-12-18(22)21-8-9-24-13-14-4-2-1-3-5-14/h1-7,10H,8-9,12-13H2,(H,21,22).